The van der Waals surface area contributed by atoms with Gasteiger partial charge in [-0.25, -0.2) is 0 Å². The van der Waals surface area contributed by atoms with E-state index in [1.165, 1.54) is 6.42 Å². The first-order valence-corrected chi connectivity index (χ1v) is 6.92. The second kappa shape index (κ2) is 5.75. The molecule has 1 rings (SSSR count). The van der Waals surface area contributed by atoms with Crippen molar-refractivity contribution in [2.45, 2.75) is 50.4 Å². The van der Waals surface area contributed by atoms with Gasteiger partial charge in [-0.2, -0.15) is 11.8 Å². The van der Waals surface area contributed by atoms with Crippen LogP contribution in [0.25, 0.3) is 0 Å². The van der Waals surface area contributed by atoms with E-state index in [1.54, 1.807) is 0 Å². The van der Waals surface area contributed by atoms with Gasteiger partial charge in [-0.15, -0.1) is 0 Å². The average molecular weight is 230 g/mol. The Labute approximate surface area is 96.6 Å². The SMILES string of the molecule is CSC1CCC(NC(=O)C(C)C(C)N)C1. The maximum Gasteiger partial charge on any atom is 0.224 e. The number of thioether (sulfide) groups is 1. The molecule has 4 unspecified atom stereocenters. The van der Waals surface area contributed by atoms with Gasteiger partial charge in [-0.1, -0.05) is 6.92 Å². The lowest BCUT2D eigenvalue weighted by molar-refractivity contribution is -0.125. The molecular formula is C11H22N2OS. The fraction of sp³-hybridized carbons (Fsp3) is 0.909. The van der Waals surface area contributed by atoms with Crippen molar-refractivity contribution in [1.29, 1.82) is 0 Å². The summed E-state index contributed by atoms with van der Waals surface area (Å²) in [5, 5.41) is 3.82. The molecule has 3 N–H and O–H groups in total. The molecule has 1 fully saturated rings. The van der Waals surface area contributed by atoms with Crippen molar-refractivity contribution in [3.8, 4) is 0 Å². The minimum Gasteiger partial charge on any atom is -0.353 e. The van der Waals surface area contributed by atoms with Crippen LogP contribution < -0.4 is 11.1 Å². The molecule has 0 spiro atoms. The highest BCUT2D eigenvalue weighted by atomic mass is 32.2. The van der Waals surface area contributed by atoms with E-state index in [4.69, 9.17) is 5.73 Å². The third-order valence-electron chi connectivity index (χ3n) is 3.27. The molecule has 0 radical (unpaired) electrons. The van der Waals surface area contributed by atoms with Gasteiger partial charge in [0.15, 0.2) is 0 Å². The third-order valence-corrected chi connectivity index (χ3v) is 4.36. The molecule has 0 aromatic rings. The zero-order valence-corrected chi connectivity index (χ0v) is 10.6. The van der Waals surface area contributed by atoms with Gasteiger partial charge in [-0.05, 0) is 32.4 Å². The molecule has 4 atom stereocenters. The van der Waals surface area contributed by atoms with E-state index in [-0.39, 0.29) is 17.9 Å². The largest absolute Gasteiger partial charge is 0.353 e. The maximum absolute atomic E-state index is 11.7. The maximum atomic E-state index is 11.7. The lowest BCUT2D eigenvalue weighted by atomic mass is 10.0. The molecule has 0 aromatic heterocycles. The second-order valence-corrected chi connectivity index (χ2v) is 5.66. The summed E-state index contributed by atoms with van der Waals surface area (Å²) in [5.74, 6) is 0.0232. The molecule has 4 heteroatoms. The van der Waals surface area contributed by atoms with Crippen LogP contribution in [0, 0.1) is 5.92 Å². The summed E-state index contributed by atoms with van der Waals surface area (Å²) in [7, 11) is 0. The summed E-state index contributed by atoms with van der Waals surface area (Å²) in [6, 6.07) is 0.305. The Hall–Kier alpha value is -0.220. The van der Waals surface area contributed by atoms with E-state index >= 15 is 0 Å². The van der Waals surface area contributed by atoms with Crippen LogP contribution in [0.3, 0.4) is 0 Å². The minimum absolute atomic E-state index is 0.0669. The fourth-order valence-electron chi connectivity index (χ4n) is 1.86. The normalized spacial score (nSPS) is 29.9. The zero-order valence-electron chi connectivity index (χ0n) is 9.82. The van der Waals surface area contributed by atoms with Gasteiger partial charge in [0, 0.05) is 23.3 Å². The summed E-state index contributed by atoms with van der Waals surface area (Å²) in [6.45, 7) is 3.77. The molecule has 0 aliphatic heterocycles. The van der Waals surface area contributed by atoms with Gasteiger partial charge in [0.05, 0.1) is 0 Å². The third kappa shape index (κ3) is 3.68. The van der Waals surface area contributed by atoms with Crippen LogP contribution in [-0.4, -0.2) is 29.5 Å². The highest BCUT2D eigenvalue weighted by Crippen LogP contribution is 2.28. The van der Waals surface area contributed by atoms with Crippen LogP contribution in [-0.2, 0) is 4.79 Å². The highest BCUT2D eigenvalue weighted by molar-refractivity contribution is 7.99. The van der Waals surface area contributed by atoms with E-state index in [1.807, 2.05) is 25.6 Å². The average Bonchev–Trinajstić information content (AvgIpc) is 2.64. The molecule has 0 heterocycles. The van der Waals surface area contributed by atoms with Gasteiger partial charge in [0.25, 0.3) is 0 Å². The number of hydrogen-bond donors (Lipinski definition) is 2. The van der Waals surface area contributed by atoms with Crippen molar-refractivity contribution in [2.75, 3.05) is 6.26 Å². The summed E-state index contributed by atoms with van der Waals surface area (Å²) in [5.41, 5.74) is 5.70. The van der Waals surface area contributed by atoms with Crippen LogP contribution in [0.4, 0.5) is 0 Å². The molecule has 88 valence electrons. The molecule has 15 heavy (non-hydrogen) atoms. The minimum atomic E-state index is -0.0849. The van der Waals surface area contributed by atoms with Crippen LogP contribution >= 0.6 is 11.8 Å². The Kier molecular flexibility index (Phi) is 4.93. The lowest BCUT2D eigenvalue weighted by Gasteiger charge is -2.19. The Balaban J connectivity index is 2.33. The standard InChI is InChI=1S/C11H22N2OS/c1-7(8(2)12)11(14)13-9-4-5-10(6-9)15-3/h7-10H,4-6,12H2,1-3H3,(H,13,14). The lowest BCUT2D eigenvalue weighted by Crippen LogP contribution is -2.42. The van der Waals surface area contributed by atoms with Crippen molar-refractivity contribution >= 4 is 17.7 Å². The molecule has 0 bridgehead atoms. The Bertz CT molecular complexity index is 221. The van der Waals surface area contributed by atoms with Crippen molar-refractivity contribution < 1.29 is 4.79 Å². The summed E-state index contributed by atoms with van der Waals surface area (Å²) in [4.78, 5) is 11.7. The van der Waals surface area contributed by atoms with E-state index in [9.17, 15) is 4.79 Å². The van der Waals surface area contributed by atoms with Crippen molar-refractivity contribution in [1.82, 2.24) is 5.32 Å². The molecular weight excluding hydrogens is 208 g/mol. The molecule has 1 amide bonds. The van der Waals surface area contributed by atoms with Gasteiger partial charge >= 0.3 is 0 Å². The number of carbonyl (C=O) groups is 1. The van der Waals surface area contributed by atoms with E-state index in [0.29, 0.717) is 6.04 Å². The number of hydrogen-bond acceptors (Lipinski definition) is 3. The Morgan fingerprint density at radius 2 is 2.13 bits per heavy atom. The smallest absolute Gasteiger partial charge is 0.224 e. The molecule has 0 aromatic carbocycles. The monoisotopic (exact) mass is 230 g/mol. The quantitative estimate of drug-likeness (QED) is 0.767. The predicted molar refractivity (Wildman–Crippen MR) is 65.9 cm³/mol. The zero-order chi connectivity index (χ0) is 11.4. The number of nitrogens with one attached hydrogen (secondary N) is 1. The van der Waals surface area contributed by atoms with Crippen LogP contribution in [0.15, 0.2) is 0 Å². The number of carbonyl (C=O) groups excluding carboxylic acids is 1. The first kappa shape index (κ1) is 12.8. The van der Waals surface area contributed by atoms with E-state index in [0.717, 1.165) is 18.1 Å². The highest BCUT2D eigenvalue weighted by Gasteiger charge is 2.27. The number of amides is 1. The van der Waals surface area contributed by atoms with Gasteiger partial charge in [0.2, 0.25) is 5.91 Å². The van der Waals surface area contributed by atoms with Crippen molar-refractivity contribution in [3.05, 3.63) is 0 Å². The Morgan fingerprint density at radius 3 is 2.60 bits per heavy atom. The molecule has 3 nitrogen and oxygen atoms in total. The van der Waals surface area contributed by atoms with Crippen molar-refractivity contribution in [2.24, 2.45) is 11.7 Å². The topological polar surface area (TPSA) is 55.1 Å². The van der Waals surface area contributed by atoms with E-state index in [2.05, 4.69) is 11.6 Å². The first-order chi connectivity index (χ1) is 7.04. The van der Waals surface area contributed by atoms with Crippen LogP contribution in [0.5, 0.6) is 0 Å². The Morgan fingerprint density at radius 1 is 1.47 bits per heavy atom. The molecule has 1 saturated carbocycles. The molecule has 1 aliphatic carbocycles. The fourth-order valence-corrected chi connectivity index (χ4v) is 2.65. The number of rotatable bonds is 4. The van der Waals surface area contributed by atoms with Gasteiger partial charge < -0.3 is 11.1 Å². The molecule has 1 aliphatic rings. The summed E-state index contributed by atoms with van der Waals surface area (Å²) in [6.07, 6.45) is 5.58. The van der Waals surface area contributed by atoms with Crippen LogP contribution in [0.2, 0.25) is 0 Å². The second-order valence-electron chi connectivity index (χ2n) is 4.52. The predicted octanol–water partition coefficient (Wildman–Crippen LogP) is 1.37. The number of nitrogens with two attached hydrogens (primary N) is 1. The summed E-state index contributed by atoms with van der Waals surface area (Å²) < 4.78 is 0. The summed E-state index contributed by atoms with van der Waals surface area (Å²) >= 11 is 1.90. The van der Waals surface area contributed by atoms with Gasteiger partial charge in [0.1, 0.15) is 0 Å². The van der Waals surface area contributed by atoms with Crippen molar-refractivity contribution in [3.63, 3.8) is 0 Å². The van der Waals surface area contributed by atoms with Crippen LogP contribution in [0.1, 0.15) is 33.1 Å². The molecule has 0 saturated heterocycles. The first-order valence-electron chi connectivity index (χ1n) is 5.63. The van der Waals surface area contributed by atoms with E-state index < -0.39 is 0 Å². The van der Waals surface area contributed by atoms with Gasteiger partial charge in [-0.3, -0.25) is 4.79 Å².